The lowest BCUT2D eigenvalue weighted by molar-refractivity contribution is -0.120. The van der Waals surface area contributed by atoms with Crippen LogP contribution in [0.5, 0.6) is 0 Å². The first-order valence-electron chi connectivity index (χ1n) is 7.56. The molecular formula is C16H21N3O2. The lowest BCUT2D eigenvalue weighted by Crippen LogP contribution is -2.27. The van der Waals surface area contributed by atoms with Gasteiger partial charge < -0.3 is 16.0 Å². The Morgan fingerprint density at radius 3 is 2.05 bits per heavy atom. The van der Waals surface area contributed by atoms with E-state index in [-0.39, 0.29) is 23.7 Å². The molecule has 0 bridgehead atoms. The topological polar surface area (TPSA) is 70.2 Å². The molecule has 1 aliphatic heterocycles. The molecule has 0 unspecified atom stereocenters. The average Bonchev–Trinajstić information content (AvgIpc) is 3.23. The van der Waals surface area contributed by atoms with Crippen molar-refractivity contribution in [3.8, 4) is 0 Å². The number of carbonyl (C=O) groups is 2. The highest BCUT2D eigenvalue weighted by Crippen LogP contribution is 2.30. The number of hydrogen-bond acceptors (Lipinski definition) is 3. The maximum atomic E-state index is 12.2. The van der Waals surface area contributed by atoms with Gasteiger partial charge in [-0.25, -0.2) is 0 Å². The van der Waals surface area contributed by atoms with Crippen molar-refractivity contribution in [3.05, 3.63) is 24.3 Å². The van der Waals surface area contributed by atoms with Gasteiger partial charge in [-0.1, -0.05) is 6.92 Å². The van der Waals surface area contributed by atoms with Crippen molar-refractivity contribution in [2.24, 2.45) is 17.8 Å². The fraction of sp³-hybridized carbons (Fsp3) is 0.500. The molecule has 0 aromatic heterocycles. The largest absolute Gasteiger partial charge is 0.326 e. The molecule has 1 saturated heterocycles. The molecule has 1 saturated carbocycles. The molecule has 1 aromatic rings. The summed E-state index contributed by atoms with van der Waals surface area (Å²) in [5.74, 6) is 0.738. The molecule has 3 rings (SSSR count). The summed E-state index contributed by atoms with van der Waals surface area (Å²) in [7, 11) is 0. The zero-order valence-corrected chi connectivity index (χ0v) is 12.2. The van der Waals surface area contributed by atoms with Crippen LogP contribution in [0.25, 0.3) is 0 Å². The second kappa shape index (κ2) is 5.85. The maximum absolute atomic E-state index is 12.2. The minimum absolute atomic E-state index is 0.0271. The molecule has 5 heteroatoms. The SMILES string of the molecule is C[C@@H]1CNC[C@H]1C(=O)Nc1ccc(NC(=O)C2CC2)cc1. The fourth-order valence-corrected chi connectivity index (χ4v) is 2.62. The number of amides is 2. The van der Waals surface area contributed by atoms with E-state index in [1.807, 2.05) is 24.3 Å². The highest BCUT2D eigenvalue weighted by Gasteiger charge is 2.30. The summed E-state index contributed by atoms with van der Waals surface area (Å²) >= 11 is 0. The Bertz CT molecular complexity index is 537. The van der Waals surface area contributed by atoms with Crippen molar-refractivity contribution in [2.75, 3.05) is 23.7 Å². The molecule has 2 fully saturated rings. The second-order valence-electron chi connectivity index (χ2n) is 6.07. The van der Waals surface area contributed by atoms with Crippen LogP contribution < -0.4 is 16.0 Å². The normalized spacial score (nSPS) is 24.6. The maximum Gasteiger partial charge on any atom is 0.229 e. The van der Waals surface area contributed by atoms with Gasteiger partial charge in [0.1, 0.15) is 0 Å². The van der Waals surface area contributed by atoms with Crippen LogP contribution in [0, 0.1) is 17.8 Å². The molecular weight excluding hydrogens is 266 g/mol. The Hall–Kier alpha value is -1.88. The van der Waals surface area contributed by atoms with E-state index in [0.29, 0.717) is 5.92 Å². The van der Waals surface area contributed by atoms with Crippen LogP contribution in [0.3, 0.4) is 0 Å². The molecule has 2 atom stereocenters. The molecule has 2 amide bonds. The van der Waals surface area contributed by atoms with Gasteiger partial charge in [-0.2, -0.15) is 0 Å². The van der Waals surface area contributed by atoms with Crippen molar-refractivity contribution >= 4 is 23.2 Å². The Kier molecular flexibility index (Phi) is 3.92. The van der Waals surface area contributed by atoms with Crippen LogP contribution in [0.15, 0.2) is 24.3 Å². The van der Waals surface area contributed by atoms with Gasteiger partial charge in [0, 0.05) is 23.8 Å². The van der Waals surface area contributed by atoms with Gasteiger partial charge in [0.15, 0.2) is 0 Å². The predicted octanol–water partition coefficient (Wildman–Crippen LogP) is 1.83. The third-order valence-electron chi connectivity index (χ3n) is 4.22. The third-order valence-corrected chi connectivity index (χ3v) is 4.22. The van der Waals surface area contributed by atoms with E-state index in [0.717, 1.165) is 37.3 Å². The van der Waals surface area contributed by atoms with Crippen molar-refractivity contribution in [3.63, 3.8) is 0 Å². The van der Waals surface area contributed by atoms with Crippen molar-refractivity contribution in [1.29, 1.82) is 0 Å². The van der Waals surface area contributed by atoms with E-state index < -0.39 is 0 Å². The Balaban J connectivity index is 1.56. The van der Waals surface area contributed by atoms with Gasteiger partial charge in [0.05, 0.1) is 5.92 Å². The smallest absolute Gasteiger partial charge is 0.229 e. The Morgan fingerprint density at radius 2 is 1.57 bits per heavy atom. The molecule has 112 valence electrons. The number of nitrogens with one attached hydrogen (secondary N) is 3. The van der Waals surface area contributed by atoms with Gasteiger partial charge in [0.2, 0.25) is 11.8 Å². The highest BCUT2D eigenvalue weighted by atomic mass is 16.2. The molecule has 2 aliphatic rings. The van der Waals surface area contributed by atoms with Crippen LogP contribution >= 0.6 is 0 Å². The Labute approximate surface area is 124 Å². The summed E-state index contributed by atoms with van der Waals surface area (Å²) in [6, 6.07) is 7.30. The first-order chi connectivity index (χ1) is 10.1. The molecule has 21 heavy (non-hydrogen) atoms. The van der Waals surface area contributed by atoms with Gasteiger partial charge in [-0.15, -0.1) is 0 Å². The highest BCUT2D eigenvalue weighted by molar-refractivity contribution is 5.95. The zero-order chi connectivity index (χ0) is 14.8. The van der Waals surface area contributed by atoms with Crippen LogP contribution in [0.4, 0.5) is 11.4 Å². The summed E-state index contributed by atoms with van der Waals surface area (Å²) in [5, 5.41) is 9.05. The molecule has 0 spiro atoms. The number of hydrogen-bond donors (Lipinski definition) is 3. The van der Waals surface area contributed by atoms with E-state index in [2.05, 4.69) is 22.9 Å². The van der Waals surface area contributed by atoms with Crippen molar-refractivity contribution < 1.29 is 9.59 Å². The van der Waals surface area contributed by atoms with Crippen LogP contribution in [-0.4, -0.2) is 24.9 Å². The molecule has 1 heterocycles. The van der Waals surface area contributed by atoms with E-state index in [1.54, 1.807) is 0 Å². The van der Waals surface area contributed by atoms with Crippen molar-refractivity contribution in [2.45, 2.75) is 19.8 Å². The van der Waals surface area contributed by atoms with Gasteiger partial charge >= 0.3 is 0 Å². The number of carbonyl (C=O) groups excluding carboxylic acids is 2. The first kappa shape index (κ1) is 14.1. The minimum Gasteiger partial charge on any atom is -0.326 e. The van der Waals surface area contributed by atoms with Crippen molar-refractivity contribution in [1.82, 2.24) is 5.32 Å². The Morgan fingerprint density at radius 1 is 1.00 bits per heavy atom. The molecule has 0 radical (unpaired) electrons. The third kappa shape index (κ3) is 3.42. The predicted molar refractivity (Wildman–Crippen MR) is 81.9 cm³/mol. The summed E-state index contributed by atoms with van der Waals surface area (Å²) in [6.07, 6.45) is 1.99. The number of benzene rings is 1. The van der Waals surface area contributed by atoms with Gasteiger partial charge in [-0.05, 0) is 49.6 Å². The standard InChI is InChI=1S/C16H21N3O2/c1-10-8-17-9-14(10)16(21)19-13-6-4-12(5-7-13)18-15(20)11-2-3-11/h4-7,10-11,14,17H,2-3,8-9H2,1H3,(H,18,20)(H,19,21)/t10-,14-/m1/s1. The summed E-state index contributed by atoms with van der Waals surface area (Å²) in [5.41, 5.74) is 1.55. The van der Waals surface area contributed by atoms with Gasteiger partial charge in [0.25, 0.3) is 0 Å². The monoisotopic (exact) mass is 287 g/mol. The van der Waals surface area contributed by atoms with Gasteiger partial charge in [-0.3, -0.25) is 9.59 Å². The number of rotatable bonds is 4. The molecule has 1 aromatic carbocycles. The van der Waals surface area contributed by atoms with Crippen LogP contribution in [0.1, 0.15) is 19.8 Å². The van der Waals surface area contributed by atoms with Crippen LogP contribution in [0.2, 0.25) is 0 Å². The lowest BCUT2D eigenvalue weighted by Gasteiger charge is -2.14. The molecule has 1 aliphatic carbocycles. The van der Waals surface area contributed by atoms with E-state index >= 15 is 0 Å². The second-order valence-corrected chi connectivity index (χ2v) is 6.07. The average molecular weight is 287 g/mol. The number of anilines is 2. The summed E-state index contributed by atoms with van der Waals surface area (Å²) in [4.78, 5) is 23.8. The zero-order valence-electron chi connectivity index (χ0n) is 12.2. The van der Waals surface area contributed by atoms with E-state index in [1.165, 1.54) is 0 Å². The van der Waals surface area contributed by atoms with E-state index in [9.17, 15) is 9.59 Å². The molecule has 5 nitrogen and oxygen atoms in total. The van der Waals surface area contributed by atoms with Crippen LogP contribution in [-0.2, 0) is 9.59 Å². The lowest BCUT2D eigenvalue weighted by atomic mass is 9.97. The quantitative estimate of drug-likeness (QED) is 0.791. The van der Waals surface area contributed by atoms with E-state index in [4.69, 9.17) is 0 Å². The minimum atomic E-state index is 0.0271. The summed E-state index contributed by atoms with van der Waals surface area (Å²) < 4.78 is 0. The summed E-state index contributed by atoms with van der Waals surface area (Å²) in [6.45, 7) is 3.72. The molecule has 3 N–H and O–H groups in total. The fourth-order valence-electron chi connectivity index (χ4n) is 2.62. The first-order valence-corrected chi connectivity index (χ1v) is 7.56.